The Morgan fingerprint density at radius 2 is 2.23 bits per heavy atom. The van der Waals surface area contributed by atoms with Crippen molar-refractivity contribution >= 4 is 27.4 Å². The fourth-order valence-corrected chi connectivity index (χ4v) is 2.82. The zero-order chi connectivity index (χ0) is 15.4. The molecular formula is C15H16BrN5O. The molecule has 0 spiro atoms. The second-order valence-electron chi connectivity index (χ2n) is 5.00. The van der Waals surface area contributed by atoms with Crippen LogP contribution in [-0.4, -0.2) is 36.5 Å². The lowest BCUT2D eigenvalue weighted by molar-refractivity contribution is 0.122. The third kappa shape index (κ3) is 3.24. The van der Waals surface area contributed by atoms with Crippen molar-refractivity contribution in [3.05, 3.63) is 40.0 Å². The molecule has 2 aromatic rings. The lowest BCUT2D eigenvalue weighted by atomic mass is 10.1. The van der Waals surface area contributed by atoms with E-state index in [0.29, 0.717) is 17.9 Å². The highest BCUT2D eigenvalue weighted by atomic mass is 79.9. The number of anilines is 2. The number of aromatic amines is 1. The fraction of sp³-hybridized carbons (Fsp3) is 0.333. The SMILES string of the molecule is N#Cc1cn[nH]c1NCc1ccc(Br)cc1N1CCOCC1. The van der Waals surface area contributed by atoms with Gasteiger partial charge in [-0.2, -0.15) is 10.4 Å². The average molecular weight is 362 g/mol. The predicted octanol–water partition coefficient (Wildman–Crippen LogP) is 2.49. The molecule has 22 heavy (non-hydrogen) atoms. The lowest BCUT2D eigenvalue weighted by Gasteiger charge is -2.31. The minimum absolute atomic E-state index is 0.519. The fourth-order valence-electron chi connectivity index (χ4n) is 2.47. The average Bonchev–Trinajstić information content (AvgIpc) is 3.02. The van der Waals surface area contributed by atoms with E-state index in [9.17, 15) is 0 Å². The summed E-state index contributed by atoms with van der Waals surface area (Å²) < 4.78 is 6.47. The number of ether oxygens (including phenoxy) is 1. The van der Waals surface area contributed by atoms with Gasteiger partial charge in [0.25, 0.3) is 0 Å². The van der Waals surface area contributed by atoms with Crippen LogP contribution >= 0.6 is 15.9 Å². The van der Waals surface area contributed by atoms with Crippen molar-refractivity contribution in [3.63, 3.8) is 0 Å². The van der Waals surface area contributed by atoms with Crippen LogP contribution in [0.5, 0.6) is 0 Å². The summed E-state index contributed by atoms with van der Waals surface area (Å²) in [4.78, 5) is 2.32. The number of nitrogens with one attached hydrogen (secondary N) is 2. The number of hydrogen-bond acceptors (Lipinski definition) is 5. The van der Waals surface area contributed by atoms with Crippen LogP contribution in [-0.2, 0) is 11.3 Å². The van der Waals surface area contributed by atoms with E-state index in [-0.39, 0.29) is 0 Å². The first kappa shape index (κ1) is 14.9. The van der Waals surface area contributed by atoms with Crippen LogP contribution in [0.3, 0.4) is 0 Å². The molecule has 0 radical (unpaired) electrons. The van der Waals surface area contributed by atoms with E-state index in [4.69, 9.17) is 10.00 Å². The molecule has 0 bridgehead atoms. The molecular weight excluding hydrogens is 346 g/mol. The summed E-state index contributed by atoms with van der Waals surface area (Å²) in [5, 5.41) is 19.0. The number of morpholine rings is 1. The zero-order valence-electron chi connectivity index (χ0n) is 12.0. The molecule has 1 aromatic heterocycles. The number of nitrogens with zero attached hydrogens (tertiary/aromatic N) is 3. The first-order valence-corrected chi connectivity index (χ1v) is 7.85. The zero-order valence-corrected chi connectivity index (χ0v) is 13.6. The highest BCUT2D eigenvalue weighted by Gasteiger charge is 2.15. The number of halogens is 1. The van der Waals surface area contributed by atoms with Crippen LogP contribution in [0.1, 0.15) is 11.1 Å². The Morgan fingerprint density at radius 1 is 1.41 bits per heavy atom. The van der Waals surface area contributed by atoms with Crippen molar-refractivity contribution in [2.45, 2.75) is 6.54 Å². The Balaban J connectivity index is 1.79. The van der Waals surface area contributed by atoms with Gasteiger partial charge in [-0.15, -0.1) is 0 Å². The standard InChI is InChI=1S/C15H16BrN5O/c16-13-2-1-11(9-18-15-12(8-17)10-19-20-15)14(7-13)21-3-5-22-6-4-21/h1-2,7,10H,3-6,9H2,(H2,18,19,20). The van der Waals surface area contributed by atoms with Gasteiger partial charge >= 0.3 is 0 Å². The number of hydrogen-bond donors (Lipinski definition) is 2. The summed E-state index contributed by atoms with van der Waals surface area (Å²) in [7, 11) is 0. The number of aromatic nitrogens is 2. The van der Waals surface area contributed by atoms with Gasteiger partial charge in [0.15, 0.2) is 0 Å². The lowest BCUT2D eigenvalue weighted by Crippen LogP contribution is -2.36. The molecule has 7 heteroatoms. The summed E-state index contributed by atoms with van der Waals surface area (Å²) in [6, 6.07) is 8.35. The maximum atomic E-state index is 9.02. The molecule has 1 aliphatic heterocycles. The Hall–Kier alpha value is -2.04. The molecule has 114 valence electrons. The molecule has 0 unspecified atom stereocenters. The molecule has 1 saturated heterocycles. The van der Waals surface area contributed by atoms with E-state index in [2.05, 4.69) is 54.5 Å². The Labute approximate surface area is 137 Å². The largest absolute Gasteiger partial charge is 0.378 e. The van der Waals surface area contributed by atoms with E-state index in [0.717, 1.165) is 30.8 Å². The van der Waals surface area contributed by atoms with E-state index in [1.165, 1.54) is 17.4 Å². The first-order chi connectivity index (χ1) is 10.8. The predicted molar refractivity (Wildman–Crippen MR) is 87.8 cm³/mol. The van der Waals surface area contributed by atoms with Crippen LogP contribution in [0.4, 0.5) is 11.5 Å². The number of rotatable bonds is 4. The molecule has 1 aromatic carbocycles. The third-order valence-corrected chi connectivity index (χ3v) is 4.11. The van der Waals surface area contributed by atoms with Gasteiger partial charge in [-0.1, -0.05) is 22.0 Å². The molecule has 1 aliphatic rings. The molecule has 0 atom stereocenters. The summed E-state index contributed by atoms with van der Waals surface area (Å²) in [6.07, 6.45) is 1.52. The minimum Gasteiger partial charge on any atom is -0.378 e. The van der Waals surface area contributed by atoms with Gasteiger partial charge < -0.3 is 15.0 Å². The second kappa shape index (κ2) is 6.81. The van der Waals surface area contributed by atoms with Crippen LogP contribution < -0.4 is 10.2 Å². The van der Waals surface area contributed by atoms with E-state index < -0.39 is 0 Å². The first-order valence-electron chi connectivity index (χ1n) is 7.06. The van der Waals surface area contributed by atoms with Gasteiger partial charge in [-0.3, -0.25) is 5.10 Å². The number of nitriles is 1. The molecule has 0 amide bonds. The Kier molecular flexibility index (Phi) is 4.61. The van der Waals surface area contributed by atoms with Gasteiger partial charge in [-0.05, 0) is 17.7 Å². The molecule has 0 aliphatic carbocycles. The van der Waals surface area contributed by atoms with Gasteiger partial charge in [-0.25, -0.2) is 0 Å². The molecule has 2 heterocycles. The van der Waals surface area contributed by atoms with Crippen LogP contribution in [0.15, 0.2) is 28.9 Å². The van der Waals surface area contributed by atoms with Crippen molar-refractivity contribution in [3.8, 4) is 6.07 Å². The van der Waals surface area contributed by atoms with Crippen LogP contribution in [0.2, 0.25) is 0 Å². The van der Waals surface area contributed by atoms with Gasteiger partial charge in [0.2, 0.25) is 0 Å². The quantitative estimate of drug-likeness (QED) is 0.874. The summed E-state index contributed by atoms with van der Waals surface area (Å²) in [5.74, 6) is 0.651. The monoisotopic (exact) mass is 361 g/mol. The van der Waals surface area contributed by atoms with Crippen molar-refractivity contribution in [2.75, 3.05) is 36.5 Å². The van der Waals surface area contributed by atoms with Crippen molar-refractivity contribution in [1.29, 1.82) is 5.26 Å². The van der Waals surface area contributed by atoms with Crippen molar-refractivity contribution in [2.24, 2.45) is 0 Å². The van der Waals surface area contributed by atoms with Gasteiger partial charge in [0.05, 0.1) is 19.4 Å². The normalized spacial score (nSPS) is 14.6. The van der Waals surface area contributed by atoms with E-state index in [1.54, 1.807) is 0 Å². The topological polar surface area (TPSA) is 77.0 Å². The van der Waals surface area contributed by atoms with Crippen molar-refractivity contribution < 1.29 is 4.74 Å². The number of H-pyrrole nitrogens is 1. The number of benzene rings is 1. The summed E-state index contributed by atoms with van der Waals surface area (Å²) in [5.41, 5.74) is 2.87. The van der Waals surface area contributed by atoms with E-state index >= 15 is 0 Å². The highest BCUT2D eigenvalue weighted by Crippen LogP contribution is 2.27. The Bertz CT molecular complexity index is 687. The molecule has 2 N–H and O–H groups in total. The molecule has 6 nitrogen and oxygen atoms in total. The van der Waals surface area contributed by atoms with Crippen LogP contribution in [0.25, 0.3) is 0 Å². The third-order valence-electron chi connectivity index (χ3n) is 3.61. The van der Waals surface area contributed by atoms with E-state index in [1.807, 2.05) is 6.07 Å². The summed E-state index contributed by atoms with van der Waals surface area (Å²) >= 11 is 3.54. The maximum Gasteiger partial charge on any atom is 0.139 e. The minimum atomic E-state index is 0.519. The Morgan fingerprint density at radius 3 is 3.00 bits per heavy atom. The molecule has 0 saturated carbocycles. The van der Waals surface area contributed by atoms with Gasteiger partial charge in [0.1, 0.15) is 17.5 Å². The molecule has 1 fully saturated rings. The maximum absolute atomic E-state index is 9.02. The van der Waals surface area contributed by atoms with Crippen molar-refractivity contribution in [1.82, 2.24) is 10.2 Å². The molecule has 3 rings (SSSR count). The second-order valence-corrected chi connectivity index (χ2v) is 5.91. The smallest absolute Gasteiger partial charge is 0.139 e. The summed E-state index contributed by atoms with van der Waals surface area (Å²) in [6.45, 7) is 3.89. The highest BCUT2D eigenvalue weighted by molar-refractivity contribution is 9.10. The van der Waals surface area contributed by atoms with Crippen LogP contribution in [0, 0.1) is 11.3 Å². The van der Waals surface area contributed by atoms with Gasteiger partial charge in [0, 0.05) is 29.8 Å².